The average molecular weight is 405 g/mol. The van der Waals surface area contributed by atoms with E-state index in [1.807, 2.05) is 62.1 Å². The Morgan fingerprint density at radius 3 is 2.57 bits per heavy atom. The van der Waals surface area contributed by atoms with E-state index in [-0.39, 0.29) is 11.8 Å². The van der Waals surface area contributed by atoms with E-state index in [9.17, 15) is 9.59 Å². The first-order valence-corrected chi connectivity index (χ1v) is 10.6. The van der Waals surface area contributed by atoms with Gasteiger partial charge in [-0.2, -0.15) is 0 Å². The molecule has 0 N–H and O–H groups in total. The highest BCUT2D eigenvalue weighted by Crippen LogP contribution is 2.38. The first-order chi connectivity index (χ1) is 14.5. The lowest BCUT2D eigenvalue weighted by Crippen LogP contribution is -2.36. The highest BCUT2D eigenvalue weighted by atomic mass is 16.5. The van der Waals surface area contributed by atoms with E-state index in [1.54, 1.807) is 0 Å². The molecule has 4 rings (SSSR count). The lowest BCUT2D eigenvalue weighted by atomic mass is 9.99. The van der Waals surface area contributed by atoms with Crippen LogP contribution >= 0.6 is 0 Å². The Labute approximate surface area is 177 Å². The maximum absolute atomic E-state index is 13.5. The zero-order chi connectivity index (χ0) is 21.3. The van der Waals surface area contributed by atoms with Gasteiger partial charge in [0, 0.05) is 32.0 Å². The summed E-state index contributed by atoms with van der Waals surface area (Å²) >= 11 is 0. The smallest absolute Gasteiger partial charge is 0.278 e. The van der Waals surface area contributed by atoms with E-state index in [0.29, 0.717) is 44.0 Å². The van der Waals surface area contributed by atoms with Crippen LogP contribution in [0.1, 0.15) is 35.6 Å². The highest BCUT2D eigenvalue weighted by molar-refractivity contribution is 6.36. The van der Waals surface area contributed by atoms with Gasteiger partial charge in [0.05, 0.1) is 5.57 Å². The molecular formula is C25H28N2O3. The van der Waals surface area contributed by atoms with Crippen LogP contribution in [0.25, 0.3) is 5.57 Å². The van der Waals surface area contributed by atoms with Gasteiger partial charge in [0.25, 0.3) is 11.8 Å². The van der Waals surface area contributed by atoms with E-state index in [1.165, 1.54) is 10.5 Å². The number of carbonyl (C=O) groups is 2. The number of rotatable bonds is 7. The number of nitrogens with zero attached hydrogens (tertiary/aromatic N) is 2. The van der Waals surface area contributed by atoms with Crippen molar-refractivity contribution in [3.8, 4) is 0 Å². The summed E-state index contributed by atoms with van der Waals surface area (Å²) in [6.45, 7) is 8.25. The fourth-order valence-corrected chi connectivity index (χ4v) is 4.21. The molecule has 0 bridgehead atoms. The second-order valence-corrected chi connectivity index (χ2v) is 7.87. The molecule has 0 aromatic heterocycles. The Morgan fingerprint density at radius 2 is 1.80 bits per heavy atom. The van der Waals surface area contributed by atoms with Crippen LogP contribution in [-0.2, 0) is 20.7 Å². The van der Waals surface area contributed by atoms with Crippen LogP contribution in [0.2, 0.25) is 0 Å². The number of imide groups is 1. The Hall–Kier alpha value is -2.92. The van der Waals surface area contributed by atoms with Crippen molar-refractivity contribution in [1.29, 1.82) is 0 Å². The minimum atomic E-state index is -0.209. The van der Waals surface area contributed by atoms with Crippen molar-refractivity contribution in [3.05, 3.63) is 70.4 Å². The van der Waals surface area contributed by atoms with E-state index < -0.39 is 0 Å². The summed E-state index contributed by atoms with van der Waals surface area (Å²) in [4.78, 5) is 30.3. The van der Waals surface area contributed by atoms with Crippen LogP contribution in [0.5, 0.6) is 0 Å². The van der Waals surface area contributed by atoms with Gasteiger partial charge in [0.2, 0.25) is 0 Å². The zero-order valence-corrected chi connectivity index (χ0v) is 17.9. The van der Waals surface area contributed by atoms with Crippen LogP contribution in [0.4, 0.5) is 5.69 Å². The van der Waals surface area contributed by atoms with Gasteiger partial charge in [0.1, 0.15) is 5.70 Å². The van der Waals surface area contributed by atoms with Crippen LogP contribution in [0.15, 0.2) is 48.2 Å². The number of hydrogen-bond donors (Lipinski definition) is 0. The van der Waals surface area contributed by atoms with Gasteiger partial charge >= 0.3 is 0 Å². The van der Waals surface area contributed by atoms with E-state index in [0.717, 1.165) is 28.8 Å². The minimum Gasteiger partial charge on any atom is -0.382 e. The summed E-state index contributed by atoms with van der Waals surface area (Å²) in [7, 11) is 0. The summed E-state index contributed by atoms with van der Waals surface area (Å²) in [6.07, 6.45) is 1.50. The maximum atomic E-state index is 13.5. The number of ether oxygens (including phenoxy) is 1. The second kappa shape index (κ2) is 8.44. The van der Waals surface area contributed by atoms with Crippen molar-refractivity contribution in [2.45, 2.75) is 33.6 Å². The molecule has 0 aliphatic carbocycles. The summed E-state index contributed by atoms with van der Waals surface area (Å²) in [6, 6.07) is 14.1. The first-order valence-electron chi connectivity index (χ1n) is 10.6. The summed E-state index contributed by atoms with van der Waals surface area (Å²) < 4.78 is 5.40. The maximum Gasteiger partial charge on any atom is 0.278 e. The molecule has 0 radical (unpaired) electrons. The van der Waals surface area contributed by atoms with Crippen LogP contribution in [-0.4, -0.2) is 43.0 Å². The number of anilines is 1. The molecule has 0 spiro atoms. The molecule has 0 atom stereocenters. The van der Waals surface area contributed by atoms with Gasteiger partial charge in [-0.05, 0) is 61.9 Å². The lowest BCUT2D eigenvalue weighted by Gasteiger charge is -2.22. The van der Waals surface area contributed by atoms with Crippen LogP contribution in [0.3, 0.4) is 0 Å². The van der Waals surface area contributed by atoms with Crippen LogP contribution < -0.4 is 4.90 Å². The van der Waals surface area contributed by atoms with Gasteiger partial charge in [-0.3, -0.25) is 14.5 Å². The average Bonchev–Trinajstić information content (AvgIpc) is 3.26. The molecule has 2 aliphatic rings. The van der Waals surface area contributed by atoms with Crippen molar-refractivity contribution in [1.82, 2.24) is 4.90 Å². The molecule has 2 aliphatic heterocycles. The number of benzene rings is 2. The first kappa shape index (κ1) is 20.4. The Morgan fingerprint density at radius 1 is 1.00 bits per heavy atom. The molecule has 156 valence electrons. The third kappa shape index (κ3) is 3.54. The SMILES string of the molecule is CCOCCCN1C(=O)C(c2ccc(C)c(C)c2)=C(N2CCc3ccccc32)C1=O. The quantitative estimate of drug-likeness (QED) is 0.519. The van der Waals surface area contributed by atoms with E-state index >= 15 is 0 Å². The molecule has 2 heterocycles. The molecule has 0 fully saturated rings. The fraction of sp³-hybridized carbons (Fsp3) is 0.360. The summed E-state index contributed by atoms with van der Waals surface area (Å²) in [5.74, 6) is -0.416. The fourth-order valence-electron chi connectivity index (χ4n) is 4.21. The summed E-state index contributed by atoms with van der Waals surface area (Å²) in [5, 5.41) is 0. The number of aryl methyl sites for hydroxylation is 2. The van der Waals surface area contributed by atoms with Crippen molar-refractivity contribution in [2.24, 2.45) is 0 Å². The Bertz CT molecular complexity index is 1020. The molecule has 5 nitrogen and oxygen atoms in total. The Balaban J connectivity index is 1.76. The van der Waals surface area contributed by atoms with E-state index in [4.69, 9.17) is 4.74 Å². The Kier molecular flexibility index (Phi) is 5.73. The van der Waals surface area contributed by atoms with Crippen LogP contribution in [0, 0.1) is 13.8 Å². The van der Waals surface area contributed by atoms with Gasteiger partial charge in [-0.25, -0.2) is 0 Å². The van der Waals surface area contributed by atoms with Crippen molar-refractivity contribution in [2.75, 3.05) is 31.2 Å². The van der Waals surface area contributed by atoms with Crippen molar-refractivity contribution < 1.29 is 14.3 Å². The van der Waals surface area contributed by atoms with Gasteiger partial charge in [0.15, 0.2) is 0 Å². The third-order valence-corrected chi connectivity index (χ3v) is 5.97. The third-order valence-electron chi connectivity index (χ3n) is 5.97. The highest BCUT2D eigenvalue weighted by Gasteiger charge is 2.42. The topological polar surface area (TPSA) is 49.9 Å². The van der Waals surface area contributed by atoms with Crippen molar-refractivity contribution in [3.63, 3.8) is 0 Å². The van der Waals surface area contributed by atoms with Gasteiger partial charge in [-0.15, -0.1) is 0 Å². The molecule has 0 saturated carbocycles. The number of carbonyl (C=O) groups excluding carboxylic acids is 2. The molecule has 2 amide bonds. The largest absolute Gasteiger partial charge is 0.382 e. The minimum absolute atomic E-state index is 0.207. The number of hydrogen-bond acceptors (Lipinski definition) is 4. The number of para-hydroxylation sites is 1. The molecule has 5 heteroatoms. The molecule has 2 aromatic carbocycles. The van der Waals surface area contributed by atoms with Gasteiger partial charge in [-0.1, -0.05) is 36.4 Å². The predicted octanol–water partition coefficient (Wildman–Crippen LogP) is 3.87. The standard InChI is InChI=1S/C25H28N2O3/c1-4-30-15-7-13-27-24(28)22(20-11-10-17(2)18(3)16-20)23(25(27)29)26-14-12-19-8-5-6-9-21(19)26/h5-6,8-11,16H,4,7,12-15H2,1-3H3. The monoisotopic (exact) mass is 404 g/mol. The van der Waals surface area contributed by atoms with Crippen molar-refractivity contribution >= 4 is 23.1 Å². The molecule has 0 unspecified atom stereocenters. The number of fused-ring (bicyclic) bond motifs is 1. The molecule has 30 heavy (non-hydrogen) atoms. The number of amides is 2. The lowest BCUT2D eigenvalue weighted by molar-refractivity contribution is -0.137. The second-order valence-electron chi connectivity index (χ2n) is 7.87. The van der Waals surface area contributed by atoms with E-state index in [2.05, 4.69) is 6.07 Å². The van der Waals surface area contributed by atoms with Gasteiger partial charge < -0.3 is 9.64 Å². The zero-order valence-electron chi connectivity index (χ0n) is 17.9. The predicted molar refractivity (Wildman–Crippen MR) is 118 cm³/mol. The molecular weight excluding hydrogens is 376 g/mol. The summed E-state index contributed by atoms with van der Waals surface area (Å²) in [5.41, 5.74) is 6.32. The molecule has 0 saturated heterocycles. The molecule has 2 aromatic rings. The normalized spacial score (nSPS) is 16.1.